The molecular weight excluding hydrogens is 1530 g/mol. The third-order valence-electron chi connectivity index (χ3n) is 22.0. The molecule has 1 aliphatic heterocycles. The normalized spacial score (nSPS) is 23.6. The van der Waals surface area contributed by atoms with Crippen LogP contribution in [0.1, 0.15) is 210 Å². The lowest BCUT2D eigenvalue weighted by Crippen LogP contribution is -2.62. The number of allylic oxidation sites excluding steroid dienone is 2. The zero-order valence-electron chi connectivity index (χ0n) is 72.0. The van der Waals surface area contributed by atoms with Crippen LogP contribution in [0.2, 0.25) is 0 Å². The molecule has 0 bridgehead atoms. The van der Waals surface area contributed by atoms with Crippen LogP contribution in [0.15, 0.2) is 66.9 Å². The molecule has 0 radical (unpaired) electrons. The number of hydrogen-bond acceptors (Lipinski definition) is 28. The third-order valence-corrected chi connectivity index (χ3v) is 22.0. The van der Waals surface area contributed by atoms with Crippen molar-refractivity contribution in [3.05, 3.63) is 78.0 Å². The fourth-order valence-corrected chi connectivity index (χ4v) is 13.3. The number of hydrogen-bond donors (Lipinski definition) is 18. The van der Waals surface area contributed by atoms with E-state index in [0.717, 1.165) is 36.6 Å². The van der Waals surface area contributed by atoms with Gasteiger partial charge in [-0.15, -0.1) is 0 Å². The molecule has 0 spiro atoms. The largest absolute Gasteiger partial charge is 0.508 e. The molecule has 0 saturated heterocycles. The van der Waals surface area contributed by atoms with Gasteiger partial charge in [0.05, 0.1) is 110 Å². The van der Waals surface area contributed by atoms with E-state index >= 15 is 0 Å². The van der Waals surface area contributed by atoms with E-state index < -0.39 is 143 Å². The highest BCUT2D eigenvalue weighted by Crippen LogP contribution is 2.23. The van der Waals surface area contributed by atoms with E-state index in [4.69, 9.17) is 17.2 Å². The summed E-state index contributed by atoms with van der Waals surface area (Å²) in [5.74, 6) is -6.54. The first-order chi connectivity index (χ1) is 56.2. The Labute approximate surface area is 700 Å². The molecule has 3 aromatic rings. The minimum absolute atomic E-state index is 0.00362. The maximum atomic E-state index is 14.7. The third kappa shape index (κ3) is 38.3. The standard InChI is InChI=1S/C86H137N17O16/c1-52(2)42-69-84(119)101-86(12,80(115)50-95-56(6)73(108)35-40-91-54(4)71(106)32-31-70(105)53(3)90-39-34-72(107)55(5)92-41-36-74(109)57(7)98-51-99-60(10)82(88)117)38-23-19-17-15-13-14-16-18-22-37-85(11,89)79(114)49-94-59(9)77(112)47-97-68(43-61-26-28-63(104)29-27-61)83(118)100-67(44-62-46-96-65-25-21-20-24-64(62)65)76(111)45-75(110)58(8)93-48-78(113)66(102-103-69)30-33-81(87)116/h15,17,20-21,24-29,46,52-60,66-69,90-99,102-104H,13-14,16,18-19,22-23,30-45,47-51,89H2,1-12H3,(H2,87,116)(H2,88,117)(H,100,118)(H,101,119)/b17-15+/t53-,54-,55-,56-,57-,58-,59-,60+,66-,67-,68-,69-,85+,86-/m0/s1. The summed E-state index contributed by atoms with van der Waals surface area (Å²) in [4.78, 5) is 206. The Hall–Kier alpha value is -8.71. The first kappa shape index (κ1) is 103. The second kappa shape index (κ2) is 53.1. The molecule has 14 atom stereocenters. The van der Waals surface area contributed by atoms with Crippen LogP contribution in [0.25, 0.3) is 10.9 Å². The first-order valence-electron chi connectivity index (χ1n) is 42.1. The molecule has 662 valence electrons. The lowest BCUT2D eigenvalue weighted by atomic mass is 9.88. The maximum Gasteiger partial charge on any atom is 0.239 e. The second-order valence-corrected chi connectivity index (χ2v) is 32.7. The number of nitrogens with two attached hydrogens (primary N) is 3. The van der Waals surface area contributed by atoms with Crippen molar-refractivity contribution in [1.82, 2.24) is 74.3 Å². The van der Waals surface area contributed by atoms with Gasteiger partial charge in [0.15, 0.2) is 52.0 Å². The van der Waals surface area contributed by atoms with E-state index in [0.29, 0.717) is 36.8 Å². The van der Waals surface area contributed by atoms with Gasteiger partial charge in [0.1, 0.15) is 23.4 Å². The fourth-order valence-electron chi connectivity index (χ4n) is 13.3. The number of phenols is 1. The molecule has 1 aliphatic rings. The second-order valence-electron chi connectivity index (χ2n) is 32.7. The topological polar surface area (TPSA) is 527 Å². The molecule has 0 fully saturated rings. The van der Waals surface area contributed by atoms with E-state index in [-0.39, 0.29) is 169 Å². The Balaban J connectivity index is 1.45. The van der Waals surface area contributed by atoms with Crippen LogP contribution < -0.4 is 86.5 Å². The Morgan fingerprint density at radius 2 is 1.04 bits per heavy atom. The zero-order chi connectivity index (χ0) is 88.5. The van der Waals surface area contributed by atoms with Crippen molar-refractivity contribution >= 4 is 98.1 Å². The number of carbonyl (C=O) groups excluding carboxylic acids is 15. The summed E-state index contributed by atoms with van der Waals surface area (Å²) in [6.45, 7) is 19.5. The number of hydrazine groups is 1. The summed E-state index contributed by atoms with van der Waals surface area (Å²) < 4.78 is 0. The molecule has 2 aromatic carbocycles. The Morgan fingerprint density at radius 1 is 0.521 bits per heavy atom. The number of benzene rings is 2. The SMILES string of the molecule is CC(C)C[C@@H]1NN[C@@H](CCC(N)=O)C(=O)CN[C@@H](C)C(=O)CC(=O)[C@H](Cc2c[nH]c3ccccc23)NC(=O)[C@H](Cc2ccc(O)cc2)NCC(=O)[C@H](C)NCC(=O)[C@](C)(N)CCCCCC/C=C/CCC[C@@](C)(C(=O)CN[C@@H](C)C(=O)CCN[C@@H](C)C(=O)CCC(=O)[C@H](C)NCCC(=O)[C@H](C)NCCC(=O)[C@H](C)NCN[C@H](C)C(N)=O)NC1=O. The van der Waals surface area contributed by atoms with Crippen molar-refractivity contribution in [3.8, 4) is 5.75 Å². The summed E-state index contributed by atoms with van der Waals surface area (Å²) in [6, 6.07) is 3.03. The van der Waals surface area contributed by atoms with Crippen molar-refractivity contribution in [2.45, 2.75) is 295 Å². The van der Waals surface area contributed by atoms with Gasteiger partial charge in [-0.1, -0.05) is 75.6 Å². The van der Waals surface area contributed by atoms with E-state index in [2.05, 4.69) is 80.4 Å². The number of aromatic amines is 1. The summed E-state index contributed by atoms with van der Waals surface area (Å²) in [6.07, 6.45) is 10.4. The molecular formula is C86H137N17O16. The van der Waals surface area contributed by atoms with Gasteiger partial charge >= 0.3 is 0 Å². The minimum atomic E-state index is -1.51. The smallest absolute Gasteiger partial charge is 0.239 e. The molecule has 4 amide bonds. The molecule has 33 heteroatoms. The van der Waals surface area contributed by atoms with Crippen molar-refractivity contribution < 1.29 is 77.0 Å². The van der Waals surface area contributed by atoms with Crippen molar-refractivity contribution in [2.75, 3.05) is 52.5 Å². The van der Waals surface area contributed by atoms with Gasteiger partial charge in [0.2, 0.25) is 23.6 Å². The molecule has 0 saturated carbocycles. The van der Waals surface area contributed by atoms with Crippen LogP contribution in [-0.2, 0) is 84.8 Å². The van der Waals surface area contributed by atoms with Crippen LogP contribution in [0.4, 0.5) is 0 Å². The maximum absolute atomic E-state index is 14.7. The lowest BCUT2D eigenvalue weighted by molar-refractivity contribution is -0.133. The van der Waals surface area contributed by atoms with Crippen LogP contribution in [-0.4, -0.2) is 233 Å². The van der Waals surface area contributed by atoms with Gasteiger partial charge in [0.25, 0.3) is 0 Å². The average molecular weight is 1670 g/mol. The van der Waals surface area contributed by atoms with Crippen molar-refractivity contribution in [3.63, 3.8) is 0 Å². The number of amides is 4. The van der Waals surface area contributed by atoms with Gasteiger partial charge in [-0.3, -0.25) is 87.9 Å². The molecule has 4 rings (SSSR count). The molecule has 21 N–H and O–H groups in total. The number of aromatic hydroxyl groups is 1. The number of phenolic OH excluding ortho intramolecular Hbond substituents is 1. The lowest BCUT2D eigenvalue weighted by Gasteiger charge is -2.33. The number of rotatable bonds is 38. The Bertz CT molecular complexity index is 3880. The number of nitrogens with one attached hydrogen (secondary N) is 14. The summed E-state index contributed by atoms with van der Waals surface area (Å²) >= 11 is 0. The minimum Gasteiger partial charge on any atom is -0.508 e. The monoisotopic (exact) mass is 1660 g/mol. The Morgan fingerprint density at radius 3 is 1.63 bits per heavy atom. The number of H-pyrrole nitrogens is 1. The van der Waals surface area contributed by atoms with Gasteiger partial charge in [-0.2, -0.15) is 0 Å². The van der Waals surface area contributed by atoms with Crippen LogP contribution in [0.5, 0.6) is 5.75 Å². The van der Waals surface area contributed by atoms with E-state index in [1.165, 1.54) is 19.1 Å². The zero-order valence-corrected chi connectivity index (χ0v) is 72.0. The van der Waals surface area contributed by atoms with Crippen molar-refractivity contribution in [2.24, 2.45) is 23.1 Å². The van der Waals surface area contributed by atoms with E-state index in [9.17, 15) is 77.0 Å². The fraction of sp³-hybridized carbons (Fsp3) is 0.640. The number of ketones is 11. The molecule has 0 unspecified atom stereocenters. The van der Waals surface area contributed by atoms with Crippen LogP contribution in [0, 0.1) is 5.92 Å². The van der Waals surface area contributed by atoms with E-state index in [1.807, 2.05) is 44.2 Å². The average Bonchev–Trinajstić information content (AvgIpc) is 1.74. The quantitative estimate of drug-likeness (QED) is 0.0221. The van der Waals surface area contributed by atoms with Gasteiger partial charge in [-0.05, 0) is 162 Å². The number of primary amides is 2. The van der Waals surface area contributed by atoms with Crippen LogP contribution in [0.3, 0.4) is 0 Å². The van der Waals surface area contributed by atoms with Crippen LogP contribution >= 0.6 is 0 Å². The molecule has 119 heavy (non-hydrogen) atoms. The molecule has 33 nitrogen and oxygen atoms in total. The number of aromatic nitrogens is 1. The summed E-state index contributed by atoms with van der Waals surface area (Å²) in [5.41, 5.74) is 22.7. The van der Waals surface area contributed by atoms with Crippen molar-refractivity contribution in [1.29, 1.82) is 0 Å². The molecule has 0 aliphatic carbocycles. The first-order valence-corrected chi connectivity index (χ1v) is 42.1. The molecule has 1 aromatic heterocycles. The number of para-hydroxylation sites is 1. The summed E-state index contributed by atoms with van der Waals surface area (Å²) in [5, 5.41) is 43.8. The highest BCUT2D eigenvalue weighted by atomic mass is 16.3. The summed E-state index contributed by atoms with van der Waals surface area (Å²) in [7, 11) is 0. The number of fused-ring (bicyclic) bond motifs is 1. The van der Waals surface area contributed by atoms with Gasteiger partial charge in [0, 0.05) is 88.3 Å². The number of carbonyl (C=O) groups is 15. The Kier molecular flexibility index (Phi) is 45.8. The highest BCUT2D eigenvalue weighted by molar-refractivity contribution is 6.05. The van der Waals surface area contributed by atoms with Gasteiger partial charge in [-0.25, -0.2) is 10.9 Å². The number of Topliss-reactive ketones (excluding diaryl/α,β-unsaturated/α-hetero) is 11. The highest BCUT2D eigenvalue weighted by Gasteiger charge is 2.38. The molecule has 2 heterocycles. The predicted octanol–water partition coefficient (Wildman–Crippen LogP) is 1.79. The van der Waals surface area contributed by atoms with Gasteiger partial charge < -0.3 is 69.8 Å². The van der Waals surface area contributed by atoms with E-state index in [1.54, 1.807) is 80.6 Å². The predicted molar refractivity (Wildman–Crippen MR) is 456 cm³/mol.